The van der Waals surface area contributed by atoms with Crippen LogP contribution in [0.15, 0.2) is 12.7 Å². The molecule has 0 aromatic heterocycles. The van der Waals surface area contributed by atoms with Crippen molar-refractivity contribution in [1.29, 1.82) is 0 Å². The minimum absolute atomic E-state index is 0.103. The molecule has 1 unspecified atom stereocenters. The molecule has 70 valence electrons. The Kier molecular flexibility index (Phi) is 4.13. The van der Waals surface area contributed by atoms with Crippen LogP contribution in [0.2, 0.25) is 0 Å². The zero-order valence-electron chi connectivity index (χ0n) is 7.58. The van der Waals surface area contributed by atoms with Crippen molar-refractivity contribution in [2.75, 3.05) is 6.61 Å². The Hall–Kier alpha value is -0.670. The highest BCUT2D eigenvalue weighted by atomic mass is 16.3. The smallest absolute Gasteiger partial charge is 0.161 e. The van der Waals surface area contributed by atoms with Crippen LogP contribution in [0.4, 0.5) is 0 Å². The lowest BCUT2D eigenvalue weighted by Crippen LogP contribution is -2.36. The van der Waals surface area contributed by atoms with Crippen LogP contribution in [0.3, 0.4) is 0 Å². The number of carbonyl (C=O) groups excluding carboxylic acids is 1. The van der Waals surface area contributed by atoms with Crippen molar-refractivity contribution >= 4 is 5.78 Å². The van der Waals surface area contributed by atoms with Crippen LogP contribution in [0, 0.1) is 5.92 Å². The molecule has 0 saturated carbocycles. The second-order valence-corrected chi connectivity index (χ2v) is 3.33. The van der Waals surface area contributed by atoms with Gasteiger partial charge in [-0.25, -0.2) is 0 Å². The number of aliphatic hydroxyl groups excluding tert-OH is 1. The number of rotatable bonds is 5. The highest BCUT2D eigenvalue weighted by Crippen LogP contribution is 2.20. The van der Waals surface area contributed by atoms with Crippen molar-refractivity contribution in [3.63, 3.8) is 0 Å². The fourth-order valence-electron chi connectivity index (χ4n) is 1.11. The van der Waals surface area contributed by atoms with Crippen LogP contribution >= 0.6 is 0 Å². The van der Waals surface area contributed by atoms with Gasteiger partial charge in [-0.1, -0.05) is 6.58 Å². The van der Waals surface area contributed by atoms with Crippen LogP contribution in [0.25, 0.3) is 0 Å². The van der Waals surface area contributed by atoms with Gasteiger partial charge in [-0.3, -0.25) is 4.79 Å². The number of aliphatic hydroxyl groups is 2. The van der Waals surface area contributed by atoms with Crippen LogP contribution in [-0.4, -0.2) is 28.2 Å². The summed E-state index contributed by atoms with van der Waals surface area (Å²) in [6.07, 6.45) is 1.45. The molecular formula is C9H16O3. The molecule has 0 bridgehead atoms. The van der Waals surface area contributed by atoms with E-state index in [0.717, 1.165) is 0 Å². The van der Waals surface area contributed by atoms with E-state index in [-0.39, 0.29) is 18.8 Å². The average Bonchev–Trinajstić information content (AvgIpc) is 1.96. The quantitative estimate of drug-likeness (QED) is 0.594. The molecule has 0 aromatic rings. The van der Waals surface area contributed by atoms with Crippen LogP contribution in [0.5, 0.6) is 0 Å². The molecule has 0 radical (unpaired) electrons. The van der Waals surface area contributed by atoms with Crippen molar-refractivity contribution in [3.05, 3.63) is 12.7 Å². The van der Waals surface area contributed by atoms with Gasteiger partial charge in [0, 0.05) is 6.61 Å². The molecule has 0 spiro atoms. The van der Waals surface area contributed by atoms with Gasteiger partial charge < -0.3 is 10.2 Å². The van der Waals surface area contributed by atoms with Gasteiger partial charge in [-0.2, -0.15) is 0 Å². The molecule has 0 fully saturated rings. The first-order chi connectivity index (χ1) is 5.43. The summed E-state index contributed by atoms with van der Waals surface area (Å²) in [6.45, 7) is 6.33. The van der Waals surface area contributed by atoms with Gasteiger partial charge in [0.05, 0.1) is 11.5 Å². The lowest BCUT2D eigenvalue weighted by molar-refractivity contribution is -0.126. The van der Waals surface area contributed by atoms with E-state index in [1.165, 1.54) is 6.08 Å². The first kappa shape index (κ1) is 11.3. The molecule has 0 aliphatic rings. The molecule has 2 N–H and O–H groups in total. The predicted octanol–water partition coefficient (Wildman–Crippen LogP) is 0.511. The summed E-state index contributed by atoms with van der Waals surface area (Å²) in [5.41, 5.74) is -1.09. The highest BCUT2D eigenvalue weighted by Gasteiger charge is 2.30. The van der Waals surface area contributed by atoms with Gasteiger partial charge in [0.25, 0.3) is 0 Å². The molecule has 1 atom stereocenters. The third-order valence-electron chi connectivity index (χ3n) is 1.82. The van der Waals surface area contributed by atoms with E-state index in [2.05, 4.69) is 6.58 Å². The van der Waals surface area contributed by atoms with Crippen molar-refractivity contribution in [3.8, 4) is 0 Å². The highest BCUT2D eigenvalue weighted by molar-refractivity contribution is 5.91. The molecule has 3 nitrogen and oxygen atoms in total. The summed E-state index contributed by atoms with van der Waals surface area (Å²) in [7, 11) is 0. The monoisotopic (exact) mass is 172 g/mol. The zero-order valence-corrected chi connectivity index (χ0v) is 7.58. The predicted molar refractivity (Wildman–Crippen MR) is 46.7 cm³/mol. The summed E-state index contributed by atoms with van der Waals surface area (Å²) < 4.78 is 0. The van der Waals surface area contributed by atoms with Gasteiger partial charge in [0.15, 0.2) is 5.78 Å². The summed E-state index contributed by atoms with van der Waals surface area (Å²) in [6, 6.07) is 0. The molecule has 0 amide bonds. The van der Waals surface area contributed by atoms with Gasteiger partial charge in [0.1, 0.15) is 0 Å². The van der Waals surface area contributed by atoms with Crippen LogP contribution in [-0.2, 0) is 4.79 Å². The second kappa shape index (κ2) is 4.38. The van der Waals surface area contributed by atoms with Crippen molar-refractivity contribution in [1.82, 2.24) is 0 Å². The number of carbonyl (C=O) groups is 1. The molecule has 0 aliphatic heterocycles. The third-order valence-corrected chi connectivity index (χ3v) is 1.82. The first-order valence-electron chi connectivity index (χ1n) is 3.93. The molecule has 0 aromatic carbocycles. The number of ketones is 1. The number of hydrogen-bond acceptors (Lipinski definition) is 3. The first-order valence-corrected chi connectivity index (χ1v) is 3.93. The maximum Gasteiger partial charge on any atom is 0.161 e. The Balaban J connectivity index is 4.43. The van der Waals surface area contributed by atoms with E-state index >= 15 is 0 Å². The van der Waals surface area contributed by atoms with E-state index in [1.54, 1.807) is 13.8 Å². The summed E-state index contributed by atoms with van der Waals surface area (Å²) in [5.74, 6) is -0.781. The molecule has 12 heavy (non-hydrogen) atoms. The van der Waals surface area contributed by atoms with Gasteiger partial charge in [-0.15, -0.1) is 0 Å². The molecule has 0 saturated heterocycles. The Labute approximate surface area is 72.7 Å². The van der Waals surface area contributed by atoms with Crippen LogP contribution < -0.4 is 0 Å². The molecular weight excluding hydrogens is 156 g/mol. The van der Waals surface area contributed by atoms with Crippen molar-refractivity contribution in [2.24, 2.45) is 5.92 Å². The van der Waals surface area contributed by atoms with Gasteiger partial charge >= 0.3 is 0 Å². The van der Waals surface area contributed by atoms with E-state index in [0.29, 0.717) is 0 Å². The van der Waals surface area contributed by atoms with Gasteiger partial charge in [0.2, 0.25) is 0 Å². The van der Waals surface area contributed by atoms with E-state index < -0.39 is 11.5 Å². The normalized spacial score (nSPS) is 14.0. The fourth-order valence-corrected chi connectivity index (χ4v) is 1.11. The zero-order chi connectivity index (χ0) is 9.78. The van der Waals surface area contributed by atoms with Crippen LogP contribution in [0.1, 0.15) is 20.3 Å². The number of allylic oxidation sites excluding steroid dienone is 1. The summed E-state index contributed by atoms with van der Waals surface area (Å²) >= 11 is 0. The van der Waals surface area contributed by atoms with Crippen molar-refractivity contribution in [2.45, 2.75) is 25.9 Å². The van der Waals surface area contributed by atoms with Crippen molar-refractivity contribution < 1.29 is 15.0 Å². The van der Waals surface area contributed by atoms with E-state index in [9.17, 15) is 9.90 Å². The fraction of sp³-hybridized carbons (Fsp3) is 0.667. The summed E-state index contributed by atoms with van der Waals surface area (Å²) in [4.78, 5) is 11.2. The minimum Gasteiger partial charge on any atom is -0.396 e. The Morgan fingerprint density at radius 3 is 2.42 bits per heavy atom. The Bertz CT molecular complexity index is 167. The minimum atomic E-state index is -1.09. The molecule has 0 rings (SSSR count). The third kappa shape index (κ3) is 3.15. The van der Waals surface area contributed by atoms with E-state index in [4.69, 9.17) is 5.11 Å². The Morgan fingerprint density at radius 2 is 2.17 bits per heavy atom. The SMILES string of the molecule is C=CC(=O)C(CCO)C(C)(C)O. The average molecular weight is 172 g/mol. The lowest BCUT2D eigenvalue weighted by Gasteiger charge is -2.26. The Morgan fingerprint density at radius 1 is 1.67 bits per heavy atom. The summed E-state index contributed by atoms with van der Waals surface area (Å²) in [5, 5.41) is 18.2. The maximum absolute atomic E-state index is 11.2. The number of hydrogen-bond donors (Lipinski definition) is 2. The molecule has 3 heteroatoms. The largest absolute Gasteiger partial charge is 0.396 e. The maximum atomic E-state index is 11.2. The van der Waals surface area contributed by atoms with Gasteiger partial charge in [-0.05, 0) is 26.3 Å². The topological polar surface area (TPSA) is 57.5 Å². The standard InChI is InChI=1S/C9H16O3/c1-4-8(11)7(5-6-10)9(2,3)12/h4,7,10,12H,1,5-6H2,2-3H3. The lowest BCUT2D eigenvalue weighted by atomic mass is 9.85. The molecule has 0 aliphatic carbocycles. The molecule has 0 heterocycles. The van der Waals surface area contributed by atoms with E-state index in [1.807, 2.05) is 0 Å². The second-order valence-electron chi connectivity index (χ2n) is 3.33.